The fourth-order valence-corrected chi connectivity index (χ4v) is 2.80. The SMILES string of the molecule is CCCNC(C)c1ccc(Br)cc1N(CCOC)C(C)C. The average molecular weight is 357 g/mol. The first-order chi connectivity index (χ1) is 10.0. The summed E-state index contributed by atoms with van der Waals surface area (Å²) in [6.07, 6.45) is 1.15. The Morgan fingerprint density at radius 2 is 2.00 bits per heavy atom. The van der Waals surface area contributed by atoms with Gasteiger partial charge in [-0.25, -0.2) is 0 Å². The van der Waals surface area contributed by atoms with Crippen LogP contribution in [0.2, 0.25) is 0 Å². The first kappa shape index (κ1) is 18.5. The minimum absolute atomic E-state index is 0.344. The van der Waals surface area contributed by atoms with Crippen LogP contribution in [0.25, 0.3) is 0 Å². The van der Waals surface area contributed by atoms with Gasteiger partial charge in [-0.05, 0) is 51.4 Å². The van der Waals surface area contributed by atoms with Crippen LogP contribution in [-0.4, -0.2) is 32.8 Å². The molecule has 21 heavy (non-hydrogen) atoms. The summed E-state index contributed by atoms with van der Waals surface area (Å²) < 4.78 is 6.39. The number of rotatable bonds is 9. The van der Waals surface area contributed by atoms with Crippen molar-refractivity contribution in [1.82, 2.24) is 5.32 Å². The van der Waals surface area contributed by atoms with E-state index in [4.69, 9.17) is 4.74 Å². The van der Waals surface area contributed by atoms with Gasteiger partial charge in [-0.3, -0.25) is 0 Å². The van der Waals surface area contributed by atoms with Gasteiger partial charge in [0, 0.05) is 35.9 Å². The Bertz CT molecular complexity index is 423. The highest BCUT2D eigenvalue weighted by Gasteiger charge is 2.18. The molecule has 120 valence electrons. The van der Waals surface area contributed by atoms with Crippen molar-refractivity contribution in [2.45, 2.75) is 46.2 Å². The highest BCUT2D eigenvalue weighted by atomic mass is 79.9. The van der Waals surface area contributed by atoms with Crippen LogP contribution in [0.4, 0.5) is 5.69 Å². The molecule has 0 spiro atoms. The summed E-state index contributed by atoms with van der Waals surface area (Å²) in [7, 11) is 1.76. The van der Waals surface area contributed by atoms with Gasteiger partial charge in [0.25, 0.3) is 0 Å². The summed E-state index contributed by atoms with van der Waals surface area (Å²) >= 11 is 3.61. The van der Waals surface area contributed by atoms with Crippen LogP contribution < -0.4 is 10.2 Å². The standard InChI is InChI=1S/C17H29BrN2O/c1-6-9-19-14(4)16-8-7-15(18)12-17(16)20(13(2)3)10-11-21-5/h7-8,12-14,19H,6,9-11H2,1-5H3. The molecule has 0 fully saturated rings. The zero-order valence-corrected chi connectivity index (χ0v) is 15.5. The number of hydrogen-bond donors (Lipinski definition) is 1. The topological polar surface area (TPSA) is 24.5 Å². The molecule has 0 aliphatic heterocycles. The van der Waals surface area contributed by atoms with Crippen LogP contribution in [0.3, 0.4) is 0 Å². The molecule has 1 atom stereocenters. The maximum atomic E-state index is 5.27. The third kappa shape index (κ3) is 5.61. The molecule has 4 heteroatoms. The Kier molecular flexibility index (Phi) is 8.30. The number of nitrogens with zero attached hydrogens (tertiary/aromatic N) is 1. The van der Waals surface area contributed by atoms with Gasteiger partial charge < -0.3 is 15.0 Å². The number of anilines is 1. The van der Waals surface area contributed by atoms with Crippen molar-refractivity contribution in [2.24, 2.45) is 0 Å². The summed E-state index contributed by atoms with van der Waals surface area (Å²) in [4.78, 5) is 2.41. The van der Waals surface area contributed by atoms with Crippen molar-refractivity contribution in [3.05, 3.63) is 28.2 Å². The summed E-state index contributed by atoms with van der Waals surface area (Å²) in [5, 5.41) is 3.59. The first-order valence-electron chi connectivity index (χ1n) is 7.79. The Morgan fingerprint density at radius 3 is 2.57 bits per heavy atom. The van der Waals surface area contributed by atoms with Crippen LogP contribution in [0.1, 0.15) is 45.7 Å². The molecule has 0 amide bonds. The normalized spacial score (nSPS) is 12.7. The van der Waals surface area contributed by atoms with Gasteiger partial charge in [-0.15, -0.1) is 0 Å². The molecule has 3 nitrogen and oxygen atoms in total. The van der Waals surface area contributed by atoms with E-state index >= 15 is 0 Å². The minimum atomic E-state index is 0.344. The fraction of sp³-hybridized carbons (Fsp3) is 0.647. The lowest BCUT2D eigenvalue weighted by atomic mass is 10.0. The molecule has 1 aromatic rings. The van der Waals surface area contributed by atoms with Crippen molar-refractivity contribution >= 4 is 21.6 Å². The summed E-state index contributed by atoms with van der Waals surface area (Å²) in [6.45, 7) is 11.6. The molecule has 0 aliphatic rings. The largest absolute Gasteiger partial charge is 0.383 e. The highest BCUT2D eigenvalue weighted by molar-refractivity contribution is 9.10. The van der Waals surface area contributed by atoms with E-state index in [0.29, 0.717) is 12.1 Å². The smallest absolute Gasteiger partial charge is 0.0637 e. The minimum Gasteiger partial charge on any atom is -0.383 e. The summed E-state index contributed by atoms with van der Waals surface area (Å²) in [6, 6.07) is 7.34. The van der Waals surface area contributed by atoms with Crippen molar-refractivity contribution < 1.29 is 4.74 Å². The first-order valence-corrected chi connectivity index (χ1v) is 8.59. The Labute approximate surface area is 138 Å². The van der Waals surface area contributed by atoms with Gasteiger partial charge in [-0.2, -0.15) is 0 Å². The van der Waals surface area contributed by atoms with Gasteiger partial charge in [0.2, 0.25) is 0 Å². The molecular weight excluding hydrogens is 328 g/mol. The van der Waals surface area contributed by atoms with Gasteiger partial charge in [0.05, 0.1) is 6.61 Å². The highest BCUT2D eigenvalue weighted by Crippen LogP contribution is 2.31. The Balaban J connectivity index is 3.08. The van der Waals surface area contributed by atoms with Crippen molar-refractivity contribution in [3.63, 3.8) is 0 Å². The van der Waals surface area contributed by atoms with Crippen LogP contribution in [0.15, 0.2) is 22.7 Å². The number of ether oxygens (including phenoxy) is 1. The van der Waals surface area contributed by atoms with E-state index in [-0.39, 0.29) is 0 Å². The molecule has 1 unspecified atom stereocenters. The number of halogens is 1. The van der Waals surface area contributed by atoms with Gasteiger partial charge >= 0.3 is 0 Å². The monoisotopic (exact) mass is 356 g/mol. The van der Waals surface area contributed by atoms with E-state index in [1.165, 1.54) is 11.3 Å². The summed E-state index contributed by atoms with van der Waals surface area (Å²) in [5.74, 6) is 0. The van der Waals surface area contributed by atoms with E-state index in [1.54, 1.807) is 7.11 Å². The second-order valence-corrected chi connectivity index (χ2v) is 6.57. The number of benzene rings is 1. The van der Waals surface area contributed by atoms with Crippen LogP contribution in [0.5, 0.6) is 0 Å². The molecule has 0 heterocycles. The van der Waals surface area contributed by atoms with Crippen molar-refractivity contribution in [3.8, 4) is 0 Å². The Morgan fingerprint density at radius 1 is 1.29 bits per heavy atom. The third-order valence-corrected chi connectivity index (χ3v) is 4.12. The lowest BCUT2D eigenvalue weighted by molar-refractivity contribution is 0.203. The molecule has 0 radical (unpaired) electrons. The van der Waals surface area contributed by atoms with Crippen molar-refractivity contribution in [2.75, 3.05) is 31.7 Å². The maximum absolute atomic E-state index is 5.27. The molecule has 1 aromatic carbocycles. The van der Waals surface area contributed by atoms with Crippen LogP contribution in [-0.2, 0) is 4.74 Å². The van der Waals surface area contributed by atoms with E-state index in [1.807, 2.05) is 0 Å². The molecular formula is C17H29BrN2O. The van der Waals surface area contributed by atoms with Gasteiger partial charge in [-0.1, -0.05) is 28.9 Å². The molecule has 0 saturated carbocycles. The van der Waals surface area contributed by atoms with Crippen molar-refractivity contribution in [1.29, 1.82) is 0 Å². The van der Waals surface area contributed by atoms with Gasteiger partial charge in [0.1, 0.15) is 0 Å². The fourth-order valence-electron chi connectivity index (χ4n) is 2.45. The molecule has 1 N–H and O–H groups in total. The van der Waals surface area contributed by atoms with E-state index in [2.05, 4.69) is 72.0 Å². The van der Waals surface area contributed by atoms with E-state index < -0.39 is 0 Å². The Hall–Kier alpha value is -0.580. The zero-order chi connectivity index (χ0) is 15.8. The summed E-state index contributed by atoms with van der Waals surface area (Å²) in [5.41, 5.74) is 2.63. The van der Waals surface area contributed by atoms with E-state index in [9.17, 15) is 0 Å². The molecule has 0 aromatic heterocycles. The number of methoxy groups -OCH3 is 1. The maximum Gasteiger partial charge on any atom is 0.0637 e. The zero-order valence-electron chi connectivity index (χ0n) is 13.9. The molecule has 0 saturated heterocycles. The molecule has 0 bridgehead atoms. The quantitative estimate of drug-likeness (QED) is 0.710. The van der Waals surface area contributed by atoms with Crippen LogP contribution >= 0.6 is 15.9 Å². The second kappa shape index (κ2) is 9.44. The number of nitrogens with one attached hydrogen (secondary N) is 1. The predicted octanol–water partition coefficient (Wildman–Crippen LogP) is 4.37. The lowest BCUT2D eigenvalue weighted by Crippen LogP contribution is -2.35. The van der Waals surface area contributed by atoms with Gasteiger partial charge in [0.15, 0.2) is 0 Å². The second-order valence-electron chi connectivity index (χ2n) is 5.66. The average Bonchev–Trinajstić information content (AvgIpc) is 2.45. The predicted molar refractivity (Wildman–Crippen MR) is 95.2 cm³/mol. The molecule has 0 aliphatic carbocycles. The molecule has 1 rings (SSSR count). The third-order valence-electron chi connectivity index (χ3n) is 3.63. The van der Waals surface area contributed by atoms with Crippen LogP contribution in [0, 0.1) is 0 Å². The van der Waals surface area contributed by atoms with E-state index in [0.717, 1.165) is 30.6 Å². The lowest BCUT2D eigenvalue weighted by Gasteiger charge is -2.32. The number of hydrogen-bond acceptors (Lipinski definition) is 3.